The maximum Gasteiger partial charge on any atom is 0.193 e. The Morgan fingerprint density at radius 1 is 1.13 bits per heavy atom. The summed E-state index contributed by atoms with van der Waals surface area (Å²) in [7, 11) is 0. The van der Waals surface area contributed by atoms with E-state index in [1.54, 1.807) is 0 Å². The number of pyridine rings is 1. The second-order valence-corrected chi connectivity index (χ2v) is 7.70. The number of likely N-dealkylation sites (N-methyl/N-ethyl adjacent to an activating group) is 1. The van der Waals surface area contributed by atoms with Gasteiger partial charge in [-0.3, -0.25) is 0 Å². The van der Waals surface area contributed by atoms with E-state index in [0.29, 0.717) is 18.4 Å². The highest BCUT2D eigenvalue weighted by molar-refractivity contribution is 14.0. The normalized spacial score (nSPS) is 16.1. The lowest BCUT2D eigenvalue weighted by Gasteiger charge is -2.34. The molecule has 2 heterocycles. The van der Waals surface area contributed by atoms with Crippen molar-refractivity contribution in [2.24, 2.45) is 10.7 Å². The summed E-state index contributed by atoms with van der Waals surface area (Å²) in [5.41, 5.74) is 9.52. The van der Waals surface area contributed by atoms with E-state index in [1.165, 1.54) is 5.56 Å². The number of guanidine groups is 1. The standard InChI is InChI=1S/C23H34N6.HI/c1-4-18(3)20-6-8-21(9-7-20)27-23(24)26-17-19-10-11-25-22(16-19)29-14-12-28(5-2)13-15-29;/h6-11,16,18H,4-5,12-15,17H2,1-3H3,(H3,24,26,27);1H. The molecule has 1 aromatic heterocycles. The molecule has 3 N–H and O–H groups in total. The molecule has 1 aromatic carbocycles. The predicted molar refractivity (Wildman–Crippen MR) is 138 cm³/mol. The van der Waals surface area contributed by atoms with Gasteiger partial charge in [-0.25, -0.2) is 9.98 Å². The number of hydrogen-bond donors (Lipinski definition) is 2. The minimum Gasteiger partial charge on any atom is -0.370 e. The van der Waals surface area contributed by atoms with Crippen molar-refractivity contribution in [3.63, 3.8) is 0 Å². The summed E-state index contributed by atoms with van der Waals surface area (Å²) in [6.45, 7) is 12.5. The van der Waals surface area contributed by atoms with Gasteiger partial charge in [-0.05, 0) is 54.3 Å². The fourth-order valence-electron chi connectivity index (χ4n) is 3.52. The summed E-state index contributed by atoms with van der Waals surface area (Å²) in [6, 6.07) is 12.5. The fraction of sp³-hybridized carbons (Fsp3) is 0.478. The van der Waals surface area contributed by atoms with Gasteiger partial charge in [0, 0.05) is 38.1 Å². The van der Waals surface area contributed by atoms with Gasteiger partial charge in [0.05, 0.1) is 6.54 Å². The number of piperazine rings is 1. The van der Waals surface area contributed by atoms with Gasteiger partial charge in [-0.15, -0.1) is 24.0 Å². The molecule has 1 fully saturated rings. The number of nitrogens with one attached hydrogen (secondary N) is 1. The zero-order valence-corrected chi connectivity index (χ0v) is 20.7. The molecule has 6 nitrogen and oxygen atoms in total. The minimum atomic E-state index is 0. The molecular formula is C23H35IN6. The molecular weight excluding hydrogens is 487 g/mol. The monoisotopic (exact) mass is 522 g/mol. The Balaban J connectivity index is 0.00000320. The first-order valence-electron chi connectivity index (χ1n) is 10.7. The first-order chi connectivity index (χ1) is 14.1. The van der Waals surface area contributed by atoms with Crippen molar-refractivity contribution < 1.29 is 0 Å². The van der Waals surface area contributed by atoms with Crippen LogP contribution in [0.5, 0.6) is 0 Å². The van der Waals surface area contributed by atoms with Crippen LogP contribution in [0.1, 0.15) is 44.2 Å². The van der Waals surface area contributed by atoms with E-state index in [-0.39, 0.29) is 24.0 Å². The van der Waals surface area contributed by atoms with E-state index < -0.39 is 0 Å². The molecule has 2 aromatic rings. The van der Waals surface area contributed by atoms with Gasteiger partial charge in [0.25, 0.3) is 0 Å². The van der Waals surface area contributed by atoms with Crippen molar-refractivity contribution in [3.05, 3.63) is 53.7 Å². The summed E-state index contributed by atoms with van der Waals surface area (Å²) in [4.78, 5) is 13.9. The molecule has 0 saturated carbocycles. The van der Waals surface area contributed by atoms with Crippen molar-refractivity contribution >= 4 is 41.4 Å². The Morgan fingerprint density at radius 3 is 2.47 bits per heavy atom. The molecule has 164 valence electrons. The van der Waals surface area contributed by atoms with Crippen LogP contribution >= 0.6 is 24.0 Å². The van der Waals surface area contributed by atoms with Crippen LogP contribution in [-0.4, -0.2) is 48.6 Å². The van der Waals surface area contributed by atoms with Crippen LogP contribution in [0.4, 0.5) is 11.5 Å². The second-order valence-electron chi connectivity index (χ2n) is 7.70. The average molecular weight is 522 g/mol. The number of hydrogen-bond acceptors (Lipinski definition) is 4. The van der Waals surface area contributed by atoms with Gasteiger partial charge < -0.3 is 20.9 Å². The molecule has 0 spiro atoms. The van der Waals surface area contributed by atoms with Gasteiger partial charge in [0.2, 0.25) is 0 Å². The second kappa shape index (κ2) is 12.1. The van der Waals surface area contributed by atoms with Crippen molar-refractivity contribution in [1.82, 2.24) is 9.88 Å². The first-order valence-corrected chi connectivity index (χ1v) is 10.7. The van der Waals surface area contributed by atoms with E-state index in [1.807, 2.05) is 12.3 Å². The van der Waals surface area contributed by atoms with Crippen LogP contribution < -0.4 is 16.0 Å². The quantitative estimate of drug-likeness (QED) is 0.323. The summed E-state index contributed by atoms with van der Waals surface area (Å²) in [5, 5.41) is 3.18. The number of rotatable bonds is 7. The van der Waals surface area contributed by atoms with Crippen molar-refractivity contribution in [3.8, 4) is 0 Å². The number of aliphatic imine (C=N–C) groups is 1. The number of halogens is 1. The van der Waals surface area contributed by atoms with Crippen molar-refractivity contribution in [1.29, 1.82) is 0 Å². The maximum absolute atomic E-state index is 6.10. The minimum absolute atomic E-state index is 0. The number of nitrogens with zero attached hydrogens (tertiary/aromatic N) is 4. The Morgan fingerprint density at radius 2 is 1.83 bits per heavy atom. The molecule has 1 unspecified atom stereocenters. The molecule has 1 aliphatic heterocycles. The van der Waals surface area contributed by atoms with E-state index in [9.17, 15) is 0 Å². The van der Waals surface area contributed by atoms with E-state index >= 15 is 0 Å². The number of aromatic nitrogens is 1. The lowest BCUT2D eigenvalue weighted by atomic mass is 9.99. The lowest BCUT2D eigenvalue weighted by molar-refractivity contribution is 0.270. The fourth-order valence-corrected chi connectivity index (χ4v) is 3.52. The molecule has 7 heteroatoms. The Hall–Kier alpha value is -1.87. The molecule has 0 radical (unpaired) electrons. The summed E-state index contributed by atoms with van der Waals surface area (Å²) >= 11 is 0. The number of nitrogens with two attached hydrogens (primary N) is 1. The van der Waals surface area contributed by atoms with Crippen LogP contribution in [-0.2, 0) is 6.54 Å². The zero-order valence-electron chi connectivity index (χ0n) is 18.3. The first kappa shape index (κ1) is 24.4. The highest BCUT2D eigenvalue weighted by Gasteiger charge is 2.16. The highest BCUT2D eigenvalue weighted by Crippen LogP contribution is 2.20. The average Bonchev–Trinajstić information content (AvgIpc) is 2.78. The molecule has 3 rings (SSSR count). The Labute approximate surface area is 198 Å². The smallest absolute Gasteiger partial charge is 0.193 e. The lowest BCUT2D eigenvalue weighted by Crippen LogP contribution is -2.46. The SMILES string of the molecule is CCC(C)c1ccc(NC(N)=NCc2ccnc(N3CCN(CC)CC3)c2)cc1.I. The van der Waals surface area contributed by atoms with E-state index in [2.05, 4.69) is 76.2 Å². The third kappa shape index (κ3) is 6.84. The summed E-state index contributed by atoms with van der Waals surface area (Å²) in [6.07, 6.45) is 3.00. The predicted octanol–water partition coefficient (Wildman–Crippen LogP) is 4.28. The Kier molecular flexibility index (Phi) is 9.84. The third-order valence-electron chi connectivity index (χ3n) is 5.75. The molecule has 1 atom stereocenters. The molecule has 30 heavy (non-hydrogen) atoms. The topological polar surface area (TPSA) is 69.8 Å². The van der Waals surface area contributed by atoms with Gasteiger partial charge in [0.1, 0.15) is 5.82 Å². The number of benzene rings is 1. The van der Waals surface area contributed by atoms with Crippen LogP contribution in [0.2, 0.25) is 0 Å². The van der Waals surface area contributed by atoms with Crippen LogP contribution in [0.15, 0.2) is 47.6 Å². The maximum atomic E-state index is 6.10. The van der Waals surface area contributed by atoms with Crippen LogP contribution in [0.25, 0.3) is 0 Å². The molecule has 0 bridgehead atoms. The van der Waals surface area contributed by atoms with Crippen molar-refractivity contribution in [2.45, 2.75) is 39.7 Å². The largest absolute Gasteiger partial charge is 0.370 e. The van der Waals surface area contributed by atoms with Gasteiger partial charge in [0.15, 0.2) is 5.96 Å². The highest BCUT2D eigenvalue weighted by atomic mass is 127. The molecule has 0 aliphatic carbocycles. The Bertz CT molecular complexity index is 800. The van der Waals surface area contributed by atoms with Gasteiger partial charge >= 0.3 is 0 Å². The van der Waals surface area contributed by atoms with Crippen LogP contribution in [0.3, 0.4) is 0 Å². The number of anilines is 2. The summed E-state index contributed by atoms with van der Waals surface area (Å²) < 4.78 is 0. The van der Waals surface area contributed by atoms with Crippen LogP contribution in [0, 0.1) is 0 Å². The molecule has 1 aliphatic rings. The van der Waals surface area contributed by atoms with E-state index in [4.69, 9.17) is 5.73 Å². The van der Waals surface area contributed by atoms with E-state index in [0.717, 1.165) is 56.2 Å². The molecule has 1 saturated heterocycles. The van der Waals surface area contributed by atoms with Gasteiger partial charge in [-0.1, -0.05) is 32.9 Å². The zero-order chi connectivity index (χ0) is 20.6. The summed E-state index contributed by atoms with van der Waals surface area (Å²) in [5.74, 6) is 2.03. The van der Waals surface area contributed by atoms with Crippen molar-refractivity contribution in [2.75, 3.05) is 42.9 Å². The molecule has 0 amide bonds. The third-order valence-corrected chi connectivity index (χ3v) is 5.75. The van der Waals surface area contributed by atoms with Gasteiger partial charge in [-0.2, -0.15) is 0 Å².